The van der Waals surface area contributed by atoms with Crippen molar-refractivity contribution in [1.82, 2.24) is 14.5 Å². The number of aryl methyl sites for hydroxylation is 2. The van der Waals surface area contributed by atoms with Crippen LogP contribution in [0.1, 0.15) is 48.9 Å². The van der Waals surface area contributed by atoms with Crippen LogP contribution in [0.15, 0.2) is 36.7 Å². The Labute approximate surface area is 143 Å². The lowest BCUT2D eigenvalue weighted by Gasteiger charge is -2.26. The number of hydrogen-bond donors (Lipinski definition) is 0. The molecule has 0 radical (unpaired) electrons. The summed E-state index contributed by atoms with van der Waals surface area (Å²) in [6.45, 7) is 4.90. The van der Waals surface area contributed by atoms with Crippen LogP contribution >= 0.6 is 0 Å². The van der Waals surface area contributed by atoms with Crippen molar-refractivity contribution in [2.75, 3.05) is 13.2 Å². The quantitative estimate of drug-likeness (QED) is 0.847. The lowest BCUT2D eigenvalue weighted by Crippen LogP contribution is -2.34. The van der Waals surface area contributed by atoms with Gasteiger partial charge in [0.15, 0.2) is 0 Å². The van der Waals surface area contributed by atoms with Gasteiger partial charge in [-0.3, -0.25) is 4.79 Å². The van der Waals surface area contributed by atoms with Gasteiger partial charge in [-0.2, -0.15) is 0 Å². The maximum atomic E-state index is 12.6. The number of carbonyl (C=O) groups excluding carboxylic acids is 1. The third kappa shape index (κ3) is 3.51. The molecule has 1 fully saturated rings. The molecule has 5 heteroatoms. The zero-order chi connectivity index (χ0) is 17.1. The van der Waals surface area contributed by atoms with Gasteiger partial charge in [0.1, 0.15) is 18.5 Å². The molecule has 0 N–H and O–H groups in total. The molecule has 0 spiro atoms. The Kier molecular flexibility index (Phi) is 5.00. The van der Waals surface area contributed by atoms with Crippen LogP contribution in [-0.2, 0) is 16.6 Å². The van der Waals surface area contributed by atoms with Crippen molar-refractivity contribution in [2.45, 2.75) is 38.8 Å². The molecule has 2 aromatic rings. The van der Waals surface area contributed by atoms with Crippen molar-refractivity contribution in [3.05, 3.63) is 53.6 Å². The molecular weight excluding hydrogens is 302 g/mol. The molecule has 0 bridgehead atoms. The summed E-state index contributed by atoms with van der Waals surface area (Å²) in [6, 6.07) is 8.64. The smallest absolute Gasteiger partial charge is 0.249 e. The van der Waals surface area contributed by atoms with Crippen LogP contribution in [0.5, 0.6) is 0 Å². The van der Waals surface area contributed by atoms with Gasteiger partial charge in [0.25, 0.3) is 0 Å². The first kappa shape index (κ1) is 16.7. The molecule has 3 rings (SSSR count). The summed E-state index contributed by atoms with van der Waals surface area (Å²) in [7, 11) is 1.93. The minimum Gasteiger partial charge on any atom is -0.361 e. The standard InChI is InChI=1S/C19H25N3O2/c1-14-6-8-16(9-7-14)17-5-4-11-22(17)18(23)13-24-15(2)19-20-10-12-21(19)3/h6-10,12,15,17H,4-5,11,13H2,1-3H3. The predicted molar refractivity (Wildman–Crippen MR) is 92.4 cm³/mol. The number of hydrogen-bond acceptors (Lipinski definition) is 3. The van der Waals surface area contributed by atoms with Crippen LogP contribution < -0.4 is 0 Å². The second-order valence-corrected chi connectivity index (χ2v) is 6.51. The van der Waals surface area contributed by atoms with Crippen molar-refractivity contribution in [2.24, 2.45) is 7.05 Å². The van der Waals surface area contributed by atoms with E-state index in [0.29, 0.717) is 0 Å². The van der Waals surface area contributed by atoms with Crippen LogP contribution in [0.3, 0.4) is 0 Å². The Bertz CT molecular complexity index is 693. The summed E-state index contributed by atoms with van der Waals surface area (Å²) in [4.78, 5) is 18.9. The van der Waals surface area contributed by atoms with Gasteiger partial charge in [-0.05, 0) is 32.3 Å². The average molecular weight is 327 g/mol. The molecule has 1 aliphatic heterocycles. The van der Waals surface area contributed by atoms with E-state index in [2.05, 4.69) is 36.2 Å². The Morgan fingerprint density at radius 3 is 2.79 bits per heavy atom. The largest absolute Gasteiger partial charge is 0.361 e. The van der Waals surface area contributed by atoms with Gasteiger partial charge >= 0.3 is 0 Å². The topological polar surface area (TPSA) is 47.4 Å². The van der Waals surface area contributed by atoms with E-state index in [4.69, 9.17) is 4.74 Å². The highest BCUT2D eigenvalue weighted by atomic mass is 16.5. The van der Waals surface area contributed by atoms with Gasteiger partial charge in [0.05, 0.1) is 6.04 Å². The highest BCUT2D eigenvalue weighted by Gasteiger charge is 2.30. The molecule has 0 aliphatic carbocycles. The first-order valence-corrected chi connectivity index (χ1v) is 8.51. The van der Waals surface area contributed by atoms with E-state index in [1.165, 1.54) is 11.1 Å². The van der Waals surface area contributed by atoms with Gasteiger partial charge < -0.3 is 14.2 Å². The maximum Gasteiger partial charge on any atom is 0.249 e. The third-order valence-corrected chi connectivity index (χ3v) is 4.71. The minimum atomic E-state index is -0.200. The fourth-order valence-corrected chi connectivity index (χ4v) is 3.32. The molecule has 5 nitrogen and oxygen atoms in total. The molecule has 2 unspecified atom stereocenters. The Morgan fingerprint density at radius 2 is 2.12 bits per heavy atom. The van der Waals surface area contributed by atoms with E-state index in [1.807, 2.05) is 29.6 Å². The summed E-state index contributed by atoms with van der Waals surface area (Å²) in [5, 5.41) is 0. The molecule has 2 heterocycles. The summed E-state index contributed by atoms with van der Waals surface area (Å²) >= 11 is 0. The van der Waals surface area contributed by atoms with Crippen molar-refractivity contribution >= 4 is 5.91 Å². The second-order valence-electron chi connectivity index (χ2n) is 6.51. The Hall–Kier alpha value is -2.14. The number of carbonyl (C=O) groups is 1. The van der Waals surface area contributed by atoms with E-state index in [-0.39, 0.29) is 24.7 Å². The molecule has 24 heavy (non-hydrogen) atoms. The number of benzene rings is 1. The zero-order valence-corrected chi connectivity index (χ0v) is 14.6. The summed E-state index contributed by atoms with van der Waals surface area (Å²) in [5.41, 5.74) is 2.45. The number of likely N-dealkylation sites (tertiary alicyclic amines) is 1. The van der Waals surface area contributed by atoms with Crippen molar-refractivity contribution in [1.29, 1.82) is 0 Å². The Morgan fingerprint density at radius 1 is 1.38 bits per heavy atom. The normalized spacial score (nSPS) is 18.8. The third-order valence-electron chi connectivity index (χ3n) is 4.71. The second kappa shape index (κ2) is 7.18. The number of amides is 1. The van der Waals surface area contributed by atoms with Crippen molar-refractivity contribution in [3.8, 4) is 0 Å². The van der Waals surface area contributed by atoms with E-state index in [0.717, 1.165) is 25.2 Å². The molecule has 2 atom stereocenters. The maximum absolute atomic E-state index is 12.6. The first-order chi connectivity index (χ1) is 11.6. The molecule has 1 saturated heterocycles. The van der Waals surface area contributed by atoms with E-state index >= 15 is 0 Å². The summed E-state index contributed by atoms with van der Waals surface area (Å²) < 4.78 is 7.69. The van der Waals surface area contributed by atoms with E-state index in [9.17, 15) is 4.79 Å². The molecule has 128 valence electrons. The first-order valence-electron chi connectivity index (χ1n) is 8.51. The van der Waals surface area contributed by atoms with Gasteiger partial charge in [0, 0.05) is 26.0 Å². The molecular formula is C19H25N3O2. The van der Waals surface area contributed by atoms with E-state index < -0.39 is 0 Å². The lowest BCUT2D eigenvalue weighted by atomic mass is 10.0. The van der Waals surface area contributed by atoms with Gasteiger partial charge in [-0.15, -0.1) is 0 Å². The predicted octanol–water partition coefficient (Wildman–Crippen LogP) is 3.17. The Balaban J connectivity index is 1.61. The monoisotopic (exact) mass is 327 g/mol. The van der Waals surface area contributed by atoms with Crippen LogP contribution in [0.25, 0.3) is 0 Å². The van der Waals surface area contributed by atoms with Crippen LogP contribution in [-0.4, -0.2) is 33.5 Å². The van der Waals surface area contributed by atoms with Gasteiger partial charge in [-0.1, -0.05) is 29.8 Å². The zero-order valence-electron chi connectivity index (χ0n) is 14.6. The summed E-state index contributed by atoms with van der Waals surface area (Å²) in [6.07, 6.45) is 5.48. The highest BCUT2D eigenvalue weighted by molar-refractivity contribution is 5.78. The van der Waals surface area contributed by atoms with Gasteiger partial charge in [0.2, 0.25) is 5.91 Å². The number of nitrogens with zero attached hydrogens (tertiary/aromatic N) is 3. The number of ether oxygens (including phenoxy) is 1. The molecule has 1 aromatic heterocycles. The SMILES string of the molecule is Cc1ccc(C2CCCN2C(=O)COC(C)c2nccn2C)cc1. The van der Waals surface area contributed by atoms with Crippen molar-refractivity contribution < 1.29 is 9.53 Å². The molecule has 0 saturated carbocycles. The highest BCUT2D eigenvalue weighted by Crippen LogP contribution is 2.32. The molecule has 1 amide bonds. The lowest BCUT2D eigenvalue weighted by molar-refractivity contribution is -0.139. The van der Waals surface area contributed by atoms with Crippen LogP contribution in [0, 0.1) is 6.92 Å². The average Bonchev–Trinajstić information content (AvgIpc) is 3.22. The minimum absolute atomic E-state index is 0.0548. The number of aromatic nitrogens is 2. The fourth-order valence-electron chi connectivity index (χ4n) is 3.32. The molecule has 1 aliphatic rings. The summed E-state index contributed by atoms with van der Waals surface area (Å²) in [5.74, 6) is 0.887. The van der Waals surface area contributed by atoms with Crippen LogP contribution in [0.2, 0.25) is 0 Å². The molecule has 1 aromatic carbocycles. The number of rotatable bonds is 5. The number of imidazole rings is 1. The van der Waals surface area contributed by atoms with Gasteiger partial charge in [-0.25, -0.2) is 4.98 Å². The fraction of sp³-hybridized carbons (Fsp3) is 0.474. The van der Waals surface area contributed by atoms with Crippen molar-refractivity contribution in [3.63, 3.8) is 0 Å². The van der Waals surface area contributed by atoms with E-state index in [1.54, 1.807) is 6.20 Å². The van der Waals surface area contributed by atoms with Crippen LogP contribution in [0.4, 0.5) is 0 Å².